The first kappa shape index (κ1) is 15.9. The second-order valence-corrected chi connectivity index (χ2v) is 5.10. The van der Waals surface area contributed by atoms with Crippen LogP contribution in [0, 0.1) is 11.3 Å². The summed E-state index contributed by atoms with van der Waals surface area (Å²) in [6, 6.07) is 5.90. The highest BCUT2D eigenvalue weighted by Gasteiger charge is 2.30. The number of hydrogen-bond acceptors (Lipinski definition) is 4. The SMILES string of the molecule is CC(O)(CNC(=O)Nc1cc(Br)ccc1C#N)C(=O)O. The molecule has 0 aromatic heterocycles. The van der Waals surface area contributed by atoms with Crippen LogP contribution < -0.4 is 10.6 Å². The molecule has 0 aliphatic carbocycles. The zero-order valence-corrected chi connectivity index (χ0v) is 12.1. The van der Waals surface area contributed by atoms with Gasteiger partial charge in [0, 0.05) is 4.47 Å². The van der Waals surface area contributed by atoms with E-state index in [1.165, 1.54) is 12.1 Å². The first-order valence-corrected chi connectivity index (χ1v) is 6.26. The van der Waals surface area contributed by atoms with Crippen LogP contribution in [0.15, 0.2) is 22.7 Å². The molecule has 0 heterocycles. The number of aliphatic carboxylic acids is 1. The van der Waals surface area contributed by atoms with Gasteiger partial charge in [-0.2, -0.15) is 5.26 Å². The number of hydrogen-bond donors (Lipinski definition) is 4. The maximum Gasteiger partial charge on any atom is 0.337 e. The highest BCUT2D eigenvalue weighted by Crippen LogP contribution is 2.20. The third-order valence-electron chi connectivity index (χ3n) is 2.40. The summed E-state index contributed by atoms with van der Waals surface area (Å²) in [7, 11) is 0. The summed E-state index contributed by atoms with van der Waals surface area (Å²) in [6.45, 7) is 0.597. The van der Waals surface area contributed by atoms with Crippen LogP contribution in [0.5, 0.6) is 0 Å². The molecule has 1 aromatic rings. The van der Waals surface area contributed by atoms with E-state index in [0.29, 0.717) is 4.47 Å². The van der Waals surface area contributed by atoms with Gasteiger partial charge >= 0.3 is 12.0 Å². The van der Waals surface area contributed by atoms with E-state index in [1.54, 1.807) is 6.07 Å². The van der Waals surface area contributed by atoms with Gasteiger partial charge in [-0.1, -0.05) is 15.9 Å². The molecule has 0 aliphatic rings. The highest BCUT2D eigenvalue weighted by molar-refractivity contribution is 9.10. The summed E-state index contributed by atoms with van der Waals surface area (Å²) in [6.07, 6.45) is 0. The van der Waals surface area contributed by atoms with Gasteiger partial charge < -0.3 is 20.8 Å². The number of halogens is 1. The number of aliphatic hydroxyl groups is 1. The van der Waals surface area contributed by atoms with Gasteiger partial charge in [-0.05, 0) is 25.1 Å². The molecule has 1 atom stereocenters. The molecule has 2 amide bonds. The first-order chi connectivity index (χ1) is 9.26. The molecule has 1 rings (SSSR count). The number of carboxylic acid groups (broad SMARTS) is 1. The number of amides is 2. The molecule has 0 fully saturated rings. The lowest BCUT2D eigenvalue weighted by Gasteiger charge is -2.18. The average molecular weight is 342 g/mol. The molecule has 106 valence electrons. The standard InChI is InChI=1S/C12H12BrN3O4/c1-12(20,10(17)18)6-15-11(19)16-9-4-8(13)3-2-7(9)5-14/h2-4,20H,6H2,1H3,(H,17,18)(H2,15,16,19). The number of carbonyl (C=O) groups is 2. The first-order valence-electron chi connectivity index (χ1n) is 5.46. The van der Waals surface area contributed by atoms with Gasteiger partial charge in [-0.15, -0.1) is 0 Å². The van der Waals surface area contributed by atoms with Crippen LogP contribution in [0.25, 0.3) is 0 Å². The van der Waals surface area contributed by atoms with Crippen molar-refractivity contribution < 1.29 is 19.8 Å². The molecule has 0 saturated heterocycles. The molecular formula is C12H12BrN3O4. The molecule has 7 nitrogen and oxygen atoms in total. The summed E-state index contributed by atoms with van der Waals surface area (Å²) in [5.74, 6) is -1.45. The van der Waals surface area contributed by atoms with Crippen molar-refractivity contribution in [1.29, 1.82) is 5.26 Å². The van der Waals surface area contributed by atoms with E-state index in [1.807, 2.05) is 6.07 Å². The molecule has 4 N–H and O–H groups in total. The minimum absolute atomic E-state index is 0.258. The fourth-order valence-corrected chi connectivity index (χ4v) is 1.57. The van der Waals surface area contributed by atoms with Crippen molar-refractivity contribution in [2.24, 2.45) is 0 Å². The van der Waals surface area contributed by atoms with Crippen LogP contribution in [0.4, 0.5) is 10.5 Å². The predicted molar refractivity (Wildman–Crippen MR) is 74.1 cm³/mol. The number of urea groups is 1. The zero-order valence-electron chi connectivity index (χ0n) is 10.5. The van der Waals surface area contributed by atoms with Crippen LogP contribution >= 0.6 is 15.9 Å². The number of carboxylic acids is 1. The summed E-state index contributed by atoms with van der Waals surface area (Å²) in [4.78, 5) is 22.3. The number of rotatable bonds is 4. The van der Waals surface area contributed by atoms with E-state index < -0.39 is 24.1 Å². The zero-order chi connectivity index (χ0) is 15.3. The van der Waals surface area contributed by atoms with Crippen molar-refractivity contribution in [2.45, 2.75) is 12.5 Å². The molecule has 0 spiro atoms. The lowest BCUT2D eigenvalue weighted by Crippen LogP contribution is -2.47. The fourth-order valence-electron chi connectivity index (χ4n) is 1.21. The second kappa shape index (κ2) is 6.36. The van der Waals surface area contributed by atoms with Crippen LogP contribution in [-0.2, 0) is 4.79 Å². The summed E-state index contributed by atoms with van der Waals surface area (Å²) in [5, 5.41) is 31.7. The maximum atomic E-state index is 11.6. The predicted octanol–water partition coefficient (Wildman–Crippen LogP) is 1.28. The number of nitriles is 1. The molecule has 0 bridgehead atoms. The minimum Gasteiger partial charge on any atom is -0.479 e. The van der Waals surface area contributed by atoms with Gasteiger partial charge in [0.25, 0.3) is 0 Å². The van der Waals surface area contributed by atoms with Crippen molar-refractivity contribution in [3.63, 3.8) is 0 Å². The number of benzene rings is 1. The Bertz CT molecular complexity index is 581. The van der Waals surface area contributed by atoms with Crippen molar-refractivity contribution in [2.75, 3.05) is 11.9 Å². The Balaban J connectivity index is 2.71. The molecule has 20 heavy (non-hydrogen) atoms. The monoisotopic (exact) mass is 341 g/mol. The molecule has 0 radical (unpaired) electrons. The van der Waals surface area contributed by atoms with Gasteiger partial charge in [0.2, 0.25) is 0 Å². The molecule has 0 aliphatic heterocycles. The summed E-state index contributed by atoms with van der Waals surface area (Å²) < 4.78 is 0.671. The van der Waals surface area contributed by atoms with Crippen LogP contribution in [0.2, 0.25) is 0 Å². The Morgan fingerprint density at radius 3 is 2.70 bits per heavy atom. The molecular weight excluding hydrogens is 330 g/mol. The van der Waals surface area contributed by atoms with Crippen molar-refractivity contribution in [1.82, 2.24) is 5.32 Å². The third-order valence-corrected chi connectivity index (χ3v) is 2.90. The quantitative estimate of drug-likeness (QED) is 0.656. The number of nitrogens with one attached hydrogen (secondary N) is 2. The van der Waals surface area contributed by atoms with Gasteiger partial charge in [-0.25, -0.2) is 9.59 Å². The normalized spacial score (nSPS) is 12.9. The van der Waals surface area contributed by atoms with E-state index in [9.17, 15) is 14.7 Å². The van der Waals surface area contributed by atoms with Crippen molar-refractivity contribution in [3.05, 3.63) is 28.2 Å². The molecule has 0 saturated carbocycles. The van der Waals surface area contributed by atoms with Crippen LogP contribution in [-0.4, -0.2) is 34.4 Å². The van der Waals surface area contributed by atoms with Gasteiger partial charge in [0.05, 0.1) is 17.8 Å². The molecule has 1 aromatic carbocycles. The summed E-state index contributed by atoms with van der Waals surface area (Å²) in [5.41, 5.74) is -1.53. The van der Waals surface area contributed by atoms with Gasteiger partial charge in [0.15, 0.2) is 5.60 Å². The lowest BCUT2D eigenvalue weighted by atomic mass is 10.1. The van der Waals surface area contributed by atoms with Gasteiger partial charge in [0.1, 0.15) is 6.07 Å². The van der Waals surface area contributed by atoms with Crippen LogP contribution in [0.3, 0.4) is 0 Å². The van der Waals surface area contributed by atoms with E-state index in [0.717, 1.165) is 6.92 Å². The largest absolute Gasteiger partial charge is 0.479 e. The Morgan fingerprint density at radius 1 is 1.50 bits per heavy atom. The minimum atomic E-state index is -2.06. The average Bonchev–Trinajstić information content (AvgIpc) is 2.36. The third kappa shape index (κ3) is 4.22. The lowest BCUT2D eigenvalue weighted by molar-refractivity contribution is -0.155. The Hall–Kier alpha value is -2.11. The fraction of sp³-hybridized carbons (Fsp3) is 0.250. The summed E-state index contributed by atoms with van der Waals surface area (Å²) >= 11 is 3.21. The van der Waals surface area contributed by atoms with Crippen molar-refractivity contribution in [3.8, 4) is 6.07 Å². The second-order valence-electron chi connectivity index (χ2n) is 4.19. The highest BCUT2D eigenvalue weighted by atomic mass is 79.9. The Morgan fingerprint density at radius 2 is 2.15 bits per heavy atom. The molecule has 1 unspecified atom stereocenters. The maximum absolute atomic E-state index is 11.6. The topological polar surface area (TPSA) is 122 Å². The van der Waals surface area contributed by atoms with Gasteiger partial charge in [-0.3, -0.25) is 0 Å². The van der Waals surface area contributed by atoms with E-state index >= 15 is 0 Å². The van der Waals surface area contributed by atoms with Crippen molar-refractivity contribution >= 4 is 33.6 Å². The number of anilines is 1. The Kier molecular flexibility index (Phi) is 5.07. The van der Waals surface area contributed by atoms with E-state index in [2.05, 4.69) is 26.6 Å². The smallest absolute Gasteiger partial charge is 0.337 e. The van der Waals surface area contributed by atoms with E-state index in [-0.39, 0.29) is 11.3 Å². The number of carbonyl (C=O) groups excluding carboxylic acids is 1. The Labute approximate surface area is 123 Å². The molecule has 8 heteroatoms. The van der Waals surface area contributed by atoms with Crippen LogP contribution in [0.1, 0.15) is 12.5 Å². The van der Waals surface area contributed by atoms with E-state index in [4.69, 9.17) is 10.4 Å². The number of nitrogens with zero attached hydrogens (tertiary/aromatic N) is 1.